The van der Waals surface area contributed by atoms with Crippen LogP contribution in [0.15, 0.2) is 42.6 Å². The van der Waals surface area contributed by atoms with Crippen LogP contribution < -0.4 is 0 Å². The number of likely N-dealkylation sites (tertiary alicyclic amines) is 1. The minimum atomic E-state index is -0.148. The zero-order chi connectivity index (χ0) is 18.8. The Balaban J connectivity index is 1.46. The first kappa shape index (κ1) is 17.6. The molecule has 0 N–H and O–H groups in total. The molecular weight excluding hydrogens is 344 g/mol. The number of hydrogen-bond acceptors (Lipinski definition) is 5. The van der Waals surface area contributed by atoms with Gasteiger partial charge in [0.1, 0.15) is 18.1 Å². The average Bonchev–Trinajstić information content (AvgIpc) is 3.12. The minimum Gasteiger partial charge on any atom is -0.364 e. The predicted molar refractivity (Wildman–Crippen MR) is 98.1 cm³/mol. The number of ether oxygens (including phenoxy) is 1. The fraction of sp³-hybridized carbons (Fsp3) is 0.400. The monoisotopic (exact) mass is 366 g/mol. The van der Waals surface area contributed by atoms with E-state index in [4.69, 9.17) is 4.74 Å². The van der Waals surface area contributed by atoms with Crippen LogP contribution in [-0.4, -0.2) is 70.0 Å². The molecule has 1 aromatic carbocycles. The molecule has 27 heavy (non-hydrogen) atoms. The van der Waals surface area contributed by atoms with Crippen molar-refractivity contribution < 1.29 is 14.3 Å². The lowest BCUT2D eigenvalue weighted by atomic mass is 10.1. The third-order valence-corrected chi connectivity index (χ3v) is 5.15. The average molecular weight is 366 g/mol. The van der Waals surface area contributed by atoms with Gasteiger partial charge < -0.3 is 14.5 Å². The van der Waals surface area contributed by atoms with Gasteiger partial charge in [0.25, 0.3) is 5.91 Å². The van der Waals surface area contributed by atoms with E-state index in [1.807, 2.05) is 23.1 Å². The molecule has 2 aliphatic rings. The minimum absolute atomic E-state index is 0.0145. The maximum absolute atomic E-state index is 12.8. The van der Waals surface area contributed by atoms with Crippen LogP contribution in [0.5, 0.6) is 0 Å². The van der Waals surface area contributed by atoms with E-state index in [-0.39, 0.29) is 30.6 Å². The summed E-state index contributed by atoms with van der Waals surface area (Å²) in [7, 11) is 0. The molecule has 0 radical (unpaired) electrons. The molecule has 0 unspecified atom stereocenters. The Labute approximate surface area is 158 Å². The highest BCUT2D eigenvalue weighted by Crippen LogP contribution is 2.25. The van der Waals surface area contributed by atoms with Crippen molar-refractivity contribution in [2.45, 2.75) is 25.5 Å². The fourth-order valence-corrected chi connectivity index (χ4v) is 3.75. The lowest BCUT2D eigenvalue weighted by molar-refractivity contribution is -0.152. The van der Waals surface area contributed by atoms with Crippen LogP contribution in [0.2, 0.25) is 0 Å². The van der Waals surface area contributed by atoms with E-state index in [2.05, 4.69) is 22.1 Å². The number of nitrogens with zero attached hydrogens (tertiary/aromatic N) is 4. The molecule has 4 rings (SSSR count). The van der Waals surface area contributed by atoms with E-state index < -0.39 is 0 Å². The largest absolute Gasteiger partial charge is 0.364 e. The van der Waals surface area contributed by atoms with Crippen molar-refractivity contribution in [1.29, 1.82) is 0 Å². The first-order valence-electron chi connectivity index (χ1n) is 9.16. The smallest absolute Gasteiger partial charge is 0.272 e. The summed E-state index contributed by atoms with van der Waals surface area (Å²) < 4.78 is 5.72. The number of amides is 2. The number of carbonyl (C=O) groups is 2. The molecule has 1 aromatic heterocycles. The first-order valence-corrected chi connectivity index (χ1v) is 9.16. The second kappa shape index (κ2) is 7.44. The lowest BCUT2D eigenvalue weighted by Gasteiger charge is -2.36. The Morgan fingerprint density at radius 2 is 2.04 bits per heavy atom. The van der Waals surface area contributed by atoms with E-state index in [1.54, 1.807) is 24.1 Å². The molecule has 0 spiro atoms. The number of benzene rings is 1. The van der Waals surface area contributed by atoms with Crippen LogP contribution in [-0.2, 0) is 16.0 Å². The Morgan fingerprint density at radius 3 is 2.81 bits per heavy atom. The number of aromatic nitrogens is 2. The van der Waals surface area contributed by atoms with Crippen LogP contribution in [0.4, 0.5) is 0 Å². The van der Waals surface area contributed by atoms with Crippen molar-refractivity contribution in [3.05, 3.63) is 59.7 Å². The highest BCUT2D eigenvalue weighted by Gasteiger charge is 2.44. The summed E-state index contributed by atoms with van der Waals surface area (Å²) in [6, 6.07) is 11.6. The molecule has 2 saturated heterocycles. The summed E-state index contributed by atoms with van der Waals surface area (Å²) in [6.07, 6.45) is 2.23. The second-order valence-corrected chi connectivity index (χ2v) is 6.94. The van der Waals surface area contributed by atoms with Gasteiger partial charge in [-0.1, -0.05) is 30.3 Å². The predicted octanol–water partition coefficient (Wildman–Crippen LogP) is 1.08. The number of aryl methyl sites for hydroxylation is 1. The van der Waals surface area contributed by atoms with Crippen molar-refractivity contribution in [2.24, 2.45) is 0 Å². The molecule has 0 aliphatic carbocycles. The zero-order valence-electron chi connectivity index (χ0n) is 15.2. The fourth-order valence-electron chi connectivity index (χ4n) is 3.75. The molecular formula is C20H22N4O3. The molecule has 3 heterocycles. The van der Waals surface area contributed by atoms with Gasteiger partial charge in [0.05, 0.1) is 12.1 Å². The summed E-state index contributed by atoms with van der Waals surface area (Å²) in [5.41, 5.74) is 1.57. The molecule has 7 heteroatoms. The molecule has 2 amide bonds. The van der Waals surface area contributed by atoms with E-state index in [0.717, 1.165) is 6.42 Å². The van der Waals surface area contributed by atoms with Crippen molar-refractivity contribution >= 4 is 11.8 Å². The Morgan fingerprint density at radius 1 is 1.22 bits per heavy atom. The standard InChI is InChI=1S/C20H22N4O3/c1-14-21-9-7-16(22-14)20(26)23-11-17-18(12-23)27-13-19(25)24(17)10-8-15-5-3-2-4-6-15/h2-7,9,17-18H,8,10-13H2,1H3/t17-,18-/m0/s1. The summed E-state index contributed by atoms with van der Waals surface area (Å²) in [5, 5.41) is 0. The number of carbonyl (C=O) groups excluding carboxylic acids is 2. The number of fused-ring (bicyclic) bond motifs is 1. The SMILES string of the molecule is Cc1nccc(C(=O)N2C[C@@H]3OCC(=O)N(CCc4ccccc4)[C@H]3C2)n1. The molecule has 140 valence electrons. The number of morpholine rings is 1. The Hall–Kier alpha value is -2.80. The normalized spacial score (nSPS) is 22.0. The van der Waals surface area contributed by atoms with Gasteiger partial charge in [-0.2, -0.15) is 0 Å². The first-order chi connectivity index (χ1) is 13.1. The van der Waals surface area contributed by atoms with Crippen molar-refractivity contribution in [3.8, 4) is 0 Å². The van der Waals surface area contributed by atoms with Gasteiger partial charge in [-0.05, 0) is 25.0 Å². The Bertz CT molecular complexity index is 842. The van der Waals surface area contributed by atoms with Crippen LogP contribution in [0.3, 0.4) is 0 Å². The van der Waals surface area contributed by atoms with Gasteiger partial charge in [-0.25, -0.2) is 9.97 Å². The van der Waals surface area contributed by atoms with Gasteiger partial charge in [0.2, 0.25) is 5.91 Å². The molecule has 0 saturated carbocycles. The highest BCUT2D eigenvalue weighted by atomic mass is 16.5. The van der Waals surface area contributed by atoms with E-state index in [9.17, 15) is 9.59 Å². The number of rotatable bonds is 4. The summed E-state index contributed by atoms with van der Waals surface area (Å²) in [4.78, 5) is 37.1. The molecule has 0 bridgehead atoms. The van der Waals surface area contributed by atoms with Crippen LogP contribution in [0.1, 0.15) is 21.9 Å². The quantitative estimate of drug-likeness (QED) is 0.809. The molecule has 2 aliphatic heterocycles. The summed E-state index contributed by atoms with van der Waals surface area (Å²) >= 11 is 0. The van der Waals surface area contributed by atoms with Crippen LogP contribution in [0.25, 0.3) is 0 Å². The van der Waals surface area contributed by atoms with Crippen molar-refractivity contribution in [2.75, 3.05) is 26.2 Å². The van der Waals surface area contributed by atoms with Crippen LogP contribution >= 0.6 is 0 Å². The van der Waals surface area contributed by atoms with E-state index in [1.165, 1.54) is 5.56 Å². The van der Waals surface area contributed by atoms with Gasteiger partial charge in [-0.15, -0.1) is 0 Å². The number of hydrogen-bond donors (Lipinski definition) is 0. The molecule has 2 fully saturated rings. The van der Waals surface area contributed by atoms with Gasteiger partial charge in [0.15, 0.2) is 0 Å². The third-order valence-electron chi connectivity index (χ3n) is 5.15. The highest BCUT2D eigenvalue weighted by molar-refractivity contribution is 5.92. The molecule has 2 atom stereocenters. The lowest BCUT2D eigenvalue weighted by Crippen LogP contribution is -2.54. The Kier molecular flexibility index (Phi) is 4.85. The van der Waals surface area contributed by atoms with Crippen molar-refractivity contribution in [1.82, 2.24) is 19.8 Å². The van der Waals surface area contributed by atoms with E-state index >= 15 is 0 Å². The van der Waals surface area contributed by atoms with Crippen LogP contribution in [0, 0.1) is 6.92 Å². The van der Waals surface area contributed by atoms with Crippen molar-refractivity contribution in [3.63, 3.8) is 0 Å². The van der Waals surface area contributed by atoms with Gasteiger partial charge >= 0.3 is 0 Å². The molecule has 2 aromatic rings. The summed E-state index contributed by atoms with van der Waals surface area (Å²) in [5.74, 6) is 0.404. The summed E-state index contributed by atoms with van der Waals surface area (Å²) in [6.45, 7) is 3.40. The maximum atomic E-state index is 12.8. The topological polar surface area (TPSA) is 75.6 Å². The second-order valence-electron chi connectivity index (χ2n) is 6.94. The van der Waals surface area contributed by atoms with E-state index in [0.29, 0.717) is 31.2 Å². The zero-order valence-corrected chi connectivity index (χ0v) is 15.2. The molecule has 7 nitrogen and oxygen atoms in total. The van der Waals surface area contributed by atoms with Gasteiger partial charge in [-0.3, -0.25) is 9.59 Å². The third kappa shape index (κ3) is 3.68. The van der Waals surface area contributed by atoms with Gasteiger partial charge in [0, 0.05) is 25.8 Å². The maximum Gasteiger partial charge on any atom is 0.272 e.